The molecule has 0 aliphatic heterocycles. The maximum atomic E-state index is 6.08. The predicted octanol–water partition coefficient (Wildman–Crippen LogP) is 2.62. The van der Waals surface area contributed by atoms with Gasteiger partial charge in [0.25, 0.3) is 0 Å². The molecule has 2 heterocycles. The number of rotatable bonds is 2. The van der Waals surface area contributed by atoms with Gasteiger partial charge >= 0.3 is 0 Å². The molecule has 0 spiro atoms. The minimum atomic E-state index is 0.397. The molecule has 3 aromatic rings. The predicted molar refractivity (Wildman–Crippen MR) is 69.5 cm³/mol. The Bertz CT molecular complexity index is 716. The van der Waals surface area contributed by atoms with Gasteiger partial charge in [-0.3, -0.25) is 0 Å². The van der Waals surface area contributed by atoms with Crippen LogP contribution in [-0.2, 0) is 6.54 Å². The van der Waals surface area contributed by atoms with Crippen molar-refractivity contribution in [2.75, 3.05) is 5.73 Å². The van der Waals surface area contributed by atoms with Crippen LogP contribution in [0.2, 0.25) is 5.02 Å². The van der Waals surface area contributed by atoms with E-state index in [1.165, 1.54) is 0 Å². The van der Waals surface area contributed by atoms with E-state index in [2.05, 4.69) is 9.97 Å². The van der Waals surface area contributed by atoms with E-state index in [0.29, 0.717) is 28.9 Å². The number of fused-ring (bicyclic) bond motifs is 1. The quantitative estimate of drug-likeness (QED) is 0.771. The van der Waals surface area contributed by atoms with Crippen molar-refractivity contribution in [2.24, 2.45) is 0 Å². The van der Waals surface area contributed by atoms with Gasteiger partial charge in [-0.25, -0.2) is 9.97 Å². The molecule has 5 nitrogen and oxygen atoms in total. The highest BCUT2D eigenvalue weighted by atomic mass is 35.5. The molecular weight excluding hydrogens is 252 g/mol. The smallest absolute Gasteiger partial charge is 0.214 e. The second-order valence-corrected chi connectivity index (χ2v) is 4.44. The van der Waals surface area contributed by atoms with E-state index in [1.54, 1.807) is 12.3 Å². The number of aryl methyl sites for hydroxylation is 1. The third-order valence-corrected chi connectivity index (χ3v) is 3.03. The fourth-order valence-corrected chi connectivity index (χ4v) is 2.12. The maximum Gasteiger partial charge on any atom is 0.214 e. The Kier molecular flexibility index (Phi) is 2.48. The molecule has 0 aliphatic rings. The first kappa shape index (κ1) is 11.1. The first-order chi connectivity index (χ1) is 8.65. The van der Waals surface area contributed by atoms with Crippen LogP contribution in [-0.4, -0.2) is 14.5 Å². The Morgan fingerprint density at radius 2 is 2.28 bits per heavy atom. The average molecular weight is 263 g/mol. The minimum absolute atomic E-state index is 0.397. The topological polar surface area (TPSA) is 69.9 Å². The van der Waals surface area contributed by atoms with Crippen molar-refractivity contribution in [3.63, 3.8) is 0 Å². The molecule has 0 amide bonds. The van der Waals surface area contributed by atoms with E-state index in [4.69, 9.17) is 21.8 Å². The molecular formula is C12H11ClN4O. The van der Waals surface area contributed by atoms with Gasteiger partial charge in [-0.05, 0) is 19.1 Å². The van der Waals surface area contributed by atoms with Crippen LogP contribution in [0.15, 0.2) is 28.8 Å². The molecule has 0 radical (unpaired) electrons. The summed E-state index contributed by atoms with van der Waals surface area (Å²) in [6, 6.07) is 5.57. The van der Waals surface area contributed by atoms with Crippen LogP contribution >= 0.6 is 11.6 Å². The van der Waals surface area contributed by atoms with Crippen LogP contribution in [0.5, 0.6) is 0 Å². The van der Waals surface area contributed by atoms with E-state index in [-0.39, 0.29) is 0 Å². The third kappa shape index (κ3) is 1.73. The highest BCUT2D eigenvalue weighted by molar-refractivity contribution is 6.35. The Morgan fingerprint density at radius 3 is 3.00 bits per heavy atom. The van der Waals surface area contributed by atoms with Gasteiger partial charge in [0.1, 0.15) is 17.8 Å². The number of nitrogens with zero attached hydrogens (tertiary/aromatic N) is 3. The number of halogens is 1. The molecule has 92 valence electrons. The second kappa shape index (κ2) is 4.03. The molecule has 2 N–H and O–H groups in total. The molecule has 18 heavy (non-hydrogen) atoms. The first-order valence-corrected chi connectivity index (χ1v) is 5.84. The van der Waals surface area contributed by atoms with Crippen LogP contribution in [0, 0.1) is 6.92 Å². The summed E-state index contributed by atoms with van der Waals surface area (Å²) in [5, 5.41) is 0.585. The van der Waals surface area contributed by atoms with Crippen LogP contribution < -0.4 is 5.73 Å². The lowest BCUT2D eigenvalue weighted by Gasteiger charge is -2.02. The van der Waals surface area contributed by atoms with Gasteiger partial charge in [-0.15, -0.1) is 0 Å². The van der Waals surface area contributed by atoms with Crippen molar-refractivity contribution in [2.45, 2.75) is 13.5 Å². The van der Waals surface area contributed by atoms with Crippen molar-refractivity contribution in [1.29, 1.82) is 0 Å². The summed E-state index contributed by atoms with van der Waals surface area (Å²) >= 11 is 6.08. The molecule has 3 rings (SSSR count). The monoisotopic (exact) mass is 262 g/mol. The van der Waals surface area contributed by atoms with Gasteiger partial charge in [0.15, 0.2) is 0 Å². The number of hydrogen-bond donors (Lipinski definition) is 1. The summed E-state index contributed by atoms with van der Waals surface area (Å²) in [6.07, 6.45) is 1.68. The fourth-order valence-electron chi connectivity index (χ4n) is 1.91. The summed E-state index contributed by atoms with van der Waals surface area (Å²) in [7, 11) is 0. The van der Waals surface area contributed by atoms with Gasteiger partial charge in [0.2, 0.25) is 11.8 Å². The number of nitrogens with two attached hydrogens (primary N) is 1. The van der Waals surface area contributed by atoms with Crippen molar-refractivity contribution in [1.82, 2.24) is 14.5 Å². The Morgan fingerprint density at radius 1 is 1.44 bits per heavy atom. The Hall–Kier alpha value is -2.01. The normalized spacial score (nSPS) is 11.2. The molecule has 0 aliphatic carbocycles. The highest BCUT2D eigenvalue weighted by Crippen LogP contribution is 2.25. The van der Waals surface area contributed by atoms with Crippen molar-refractivity contribution in [3.8, 4) is 0 Å². The first-order valence-electron chi connectivity index (χ1n) is 5.46. The van der Waals surface area contributed by atoms with Gasteiger partial charge in [-0.1, -0.05) is 17.7 Å². The van der Waals surface area contributed by atoms with Crippen LogP contribution in [0.3, 0.4) is 0 Å². The number of anilines is 1. The zero-order chi connectivity index (χ0) is 12.7. The standard InChI is InChI=1S/C12H11ClN4O/c1-7-5-15-10(18-7)6-17-9-4-2-3-8(13)11(9)16-12(17)14/h2-5H,6H2,1H3,(H2,14,16). The minimum Gasteiger partial charge on any atom is -0.444 e. The van der Waals surface area contributed by atoms with Crippen LogP contribution in [0.4, 0.5) is 5.95 Å². The van der Waals surface area contributed by atoms with Gasteiger partial charge in [0.05, 0.1) is 16.7 Å². The molecule has 6 heteroatoms. The molecule has 1 aromatic carbocycles. The molecule has 0 atom stereocenters. The largest absolute Gasteiger partial charge is 0.444 e. The molecule has 0 unspecified atom stereocenters. The van der Waals surface area contributed by atoms with Crippen molar-refractivity contribution in [3.05, 3.63) is 41.1 Å². The highest BCUT2D eigenvalue weighted by Gasteiger charge is 2.12. The van der Waals surface area contributed by atoms with Gasteiger partial charge < -0.3 is 14.7 Å². The summed E-state index contributed by atoms with van der Waals surface area (Å²) in [5.74, 6) is 1.76. The number of para-hydroxylation sites is 1. The number of benzene rings is 1. The van der Waals surface area contributed by atoms with Crippen LogP contribution in [0.1, 0.15) is 11.7 Å². The molecule has 2 aromatic heterocycles. The van der Waals surface area contributed by atoms with E-state index in [0.717, 1.165) is 11.3 Å². The zero-order valence-electron chi connectivity index (χ0n) is 9.72. The maximum absolute atomic E-state index is 6.08. The molecule has 0 saturated heterocycles. The third-order valence-electron chi connectivity index (χ3n) is 2.72. The number of nitrogen functional groups attached to an aromatic ring is 1. The lowest BCUT2D eigenvalue weighted by Crippen LogP contribution is -2.04. The van der Waals surface area contributed by atoms with E-state index in [1.807, 2.05) is 23.6 Å². The van der Waals surface area contributed by atoms with Crippen LogP contribution in [0.25, 0.3) is 11.0 Å². The van der Waals surface area contributed by atoms with E-state index in [9.17, 15) is 0 Å². The molecule has 0 saturated carbocycles. The number of imidazole rings is 1. The van der Waals surface area contributed by atoms with Crippen molar-refractivity contribution < 1.29 is 4.42 Å². The second-order valence-electron chi connectivity index (χ2n) is 4.03. The number of oxazole rings is 1. The summed E-state index contributed by atoms with van der Waals surface area (Å²) in [5.41, 5.74) is 7.47. The summed E-state index contributed by atoms with van der Waals surface area (Å²) in [4.78, 5) is 8.41. The number of hydrogen-bond acceptors (Lipinski definition) is 4. The fraction of sp³-hybridized carbons (Fsp3) is 0.167. The Labute approximate surface area is 108 Å². The molecule has 0 fully saturated rings. The Balaban J connectivity index is 2.11. The number of aromatic nitrogens is 3. The zero-order valence-corrected chi connectivity index (χ0v) is 10.5. The average Bonchev–Trinajstić information content (AvgIpc) is 2.87. The van der Waals surface area contributed by atoms with Gasteiger partial charge in [-0.2, -0.15) is 0 Å². The lowest BCUT2D eigenvalue weighted by atomic mass is 10.3. The molecule has 0 bridgehead atoms. The lowest BCUT2D eigenvalue weighted by molar-refractivity contribution is 0.461. The summed E-state index contributed by atoms with van der Waals surface area (Å²) in [6.45, 7) is 2.29. The van der Waals surface area contributed by atoms with E-state index >= 15 is 0 Å². The van der Waals surface area contributed by atoms with Gasteiger partial charge in [0, 0.05) is 0 Å². The van der Waals surface area contributed by atoms with Crippen molar-refractivity contribution >= 4 is 28.6 Å². The summed E-state index contributed by atoms with van der Waals surface area (Å²) < 4.78 is 7.27. The van der Waals surface area contributed by atoms with E-state index < -0.39 is 0 Å². The SMILES string of the molecule is Cc1cnc(Cn2c(N)nc3c(Cl)cccc32)o1.